The van der Waals surface area contributed by atoms with Gasteiger partial charge in [0.15, 0.2) is 0 Å². The molecule has 1 saturated carbocycles. The lowest BCUT2D eigenvalue weighted by atomic mass is 9.89. The topological polar surface area (TPSA) is 81.9 Å². The van der Waals surface area contributed by atoms with Crippen molar-refractivity contribution < 1.29 is 19.2 Å². The number of nitrogens with zero attached hydrogens (tertiary/aromatic N) is 1. The van der Waals surface area contributed by atoms with Gasteiger partial charge in [-0.05, 0) is 18.9 Å². The van der Waals surface area contributed by atoms with Crippen molar-refractivity contribution in [2.24, 2.45) is 11.8 Å². The average Bonchev–Trinajstić information content (AvgIpc) is 2.38. The van der Waals surface area contributed by atoms with Gasteiger partial charge in [0, 0.05) is 8.07 Å². The molecular weight excluding hydrogens is 276 g/mol. The monoisotopic (exact) mass is 302 g/mol. The highest BCUT2D eigenvalue weighted by atomic mass is 28.3. The molecule has 1 fully saturated rings. The molecule has 0 aliphatic heterocycles. The highest BCUT2D eigenvalue weighted by Crippen LogP contribution is 2.24. The van der Waals surface area contributed by atoms with Crippen molar-refractivity contribution in [3.8, 4) is 0 Å². The fourth-order valence-electron chi connectivity index (χ4n) is 2.06. The van der Waals surface area contributed by atoms with E-state index < -0.39 is 20.1 Å². The van der Waals surface area contributed by atoms with Gasteiger partial charge in [-0.15, -0.1) is 0 Å². The van der Waals surface area contributed by atoms with Crippen LogP contribution >= 0.6 is 0 Å². The van der Waals surface area contributed by atoms with Gasteiger partial charge >= 0.3 is 12.1 Å². The quantitative estimate of drug-likeness (QED) is 0.374. The van der Waals surface area contributed by atoms with Crippen LogP contribution in [0.2, 0.25) is 25.7 Å². The van der Waals surface area contributed by atoms with E-state index in [9.17, 15) is 9.59 Å². The molecule has 7 heteroatoms. The van der Waals surface area contributed by atoms with Crippen molar-refractivity contribution in [3.63, 3.8) is 0 Å². The molecule has 0 bridgehead atoms. The van der Waals surface area contributed by atoms with E-state index in [0.29, 0.717) is 11.8 Å². The predicted molar refractivity (Wildman–Crippen MR) is 78.2 cm³/mol. The molecule has 20 heavy (non-hydrogen) atoms. The molecule has 0 aromatic carbocycles. The molecule has 0 unspecified atom stereocenters. The molecule has 1 amide bonds. The van der Waals surface area contributed by atoms with Crippen molar-refractivity contribution in [2.75, 3.05) is 6.61 Å². The Hall–Kier alpha value is -1.08. The summed E-state index contributed by atoms with van der Waals surface area (Å²) in [6.45, 7) is 6.86. The number of hydroxylamine groups is 1. The van der Waals surface area contributed by atoms with Crippen molar-refractivity contribution >= 4 is 20.1 Å². The minimum Gasteiger partial charge on any atom is -0.447 e. The number of nitrogens with two attached hydrogens (primary N) is 1. The third-order valence-corrected chi connectivity index (χ3v) is 5.09. The molecule has 0 saturated heterocycles. The average molecular weight is 302 g/mol. The number of amides is 1. The SMILES string of the molecule is C[Si](C)(C)CCOC(=O)N(N)OC(=O)C1CCCCC1. The van der Waals surface area contributed by atoms with E-state index in [2.05, 4.69) is 19.6 Å². The van der Waals surface area contributed by atoms with E-state index >= 15 is 0 Å². The number of rotatable bonds is 4. The fourth-order valence-corrected chi connectivity index (χ4v) is 2.77. The first-order chi connectivity index (χ1) is 9.29. The third kappa shape index (κ3) is 6.38. The van der Waals surface area contributed by atoms with Crippen LogP contribution in [0.4, 0.5) is 4.79 Å². The molecule has 1 aliphatic rings. The second kappa shape index (κ2) is 7.63. The Balaban J connectivity index is 2.28. The molecule has 0 atom stereocenters. The van der Waals surface area contributed by atoms with Gasteiger partial charge < -0.3 is 9.57 Å². The van der Waals surface area contributed by atoms with Crippen LogP contribution in [0.15, 0.2) is 0 Å². The van der Waals surface area contributed by atoms with Crippen molar-refractivity contribution in [1.29, 1.82) is 0 Å². The summed E-state index contributed by atoms with van der Waals surface area (Å²) < 4.78 is 4.99. The number of carbonyl (C=O) groups is 2. The van der Waals surface area contributed by atoms with Gasteiger partial charge in [0.25, 0.3) is 0 Å². The second-order valence-electron chi connectivity index (χ2n) is 6.50. The lowest BCUT2D eigenvalue weighted by Gasteiger charge is -2.22. The Morgan fingerprint density at radius 1 is 1.20 bits per heavy atom. The molecule has 0 aromatic heterocycles. The number of hydrazine groups is 1. The van der Waals surface area contributed by atoms with E-state index in [1.807, 2.05) is 0 Å². The highest BCUT2D eigenvalue weighted by Gasteiger charge is 2.26. The van der Waals surface area contributed by atoms with E-state index in [1.54, 1.807) is 0 Å². The maximum Gasteiger partial charge on any atom is 0.458 e. The Bertz CT molecular complexity index is 338. The van der Waals surface area contributed by atoms with Crippen LogP contribution < -0.4 is 5.84 Å². The zero-order valence-corrected chi connectivity index (χ0v) is 13.7. The molecule has 6 nitrogen and oxygen atoms in total. The molecule has 0 aromatic rings. The van der Waals surface area contributed by atoms with Gasteiger partial charge in [-0.2, -0.15) is 0 Å². The van der Waals surface area contributed by atoms with Crippen molar-refractivity contribution in [3.05, 3.63) is 0 Å². The van der Waals surface area contributed by atoms with Gasteiger partial charge in [-0.1, -0.05) is 44.1 Å². The van der Waals surface area contributed by atoms with Crippen LogP contribution in [0, 0.1) is 5.92 Å². The van der Waals surface area contributed by atoms with Gasteiger partial charge in [0.2, 0.25) is 0 Å². The molecule has 1 rings (SSSR count). The van der Waals surface area contributed by atoms with Crippen LogP contribution in [-0.2, 0) is 14.4 Å². The summed E-state index contributed by atoms with van der Waals surface area (Å²) in [5.74, 6) is 4.82. The lowest BCUT2D eigenvalue weighted by molar-refractivity contribution is -0.188. The summed E-state index contributed by atoms with van der Waals surface area (Å²) in [6.07, 6.45) is 3.98. The Kier molecular flexibility index (Phi) is 6.48. The van der Waals surface area contributed by atoms with Crippen LogP contribution in [0.25, 0.3) is 0 Å². The molecule has 0 spiro atoms. The summed E-state index contributed by atoms with van der Waals surface area (Å²) in [5, 5.41) is 0.418. The smallest absolute Gasteiger partial charge is 0.447 e. The summed E-state index contributed by atoms with van der Waals surface area (Å²) in [6, 6.07) is 0.850. The normalized spacial score (nSPS) is 16.6. The molecular formula is C13H26N2O4Si. The molecule has 116 valence electrons. The van der Waals surface area contributed by atoms with E-state index in [0.717, 1.165) is 38.1 Å². The van der Waals surface area contributed by atoms with Gasteiger partial charge in [0.1, 0.15) is 0 Å². The maximum absolute atomic E-state index is 11.8. The number of hydrogen-bond acceptors (Lipinski definition) is 5. The zero-order chi connectivity index (χ0) is 15.2. The standard InChI is InChI=1S/C13H26N2O4Si/c1-20(2,3)10-9-18-13(17)15(14)19-12(16)11-7-5-4-6-8-11/h11H,4-10,14H2,1-3H3. The summed E-state index contributed by atoms with van der Waals surface area (Å²) in [7, 11) is -1.26. The minimum atomic E-state index is -1.26. The van der Waals surface area contributed by atoms with Gasteiger partial charge in [-0.25, -0.2) is 15.4 Å². The van der Waals surface area contributed by atoms with E-state index in [1.165, 1.54) is 0 Å². The number of hydrogen-bond donors (Lipinski definition) is 1. The van der Waals surface area contributed by atoms with E-state index in [-0.39, 0.29) is 5.92 Å². The summed E-state index contributed by atoms with van der Waals surface area (Å²) >= 11 is 0. The maximum atomic E-state index is 11.8. The first kappa shape index (κ1) is 17.0. The Morgan fingerprint density at radius 3 is 2.35 bits per heavy atom. The third-order valence-electron chi connectivity index (χ3n) is 3.38. The number of carbonyl (C=O) groups excluding carboxylic acids is 2. The molecule has 2 N–H and O–H groups in total. The molecule has 0 heterocycles. The number of ether oxygens (including phenoxy) is 1. The minimum absolute atomic E-state index is 0.149. The van der Waals surface area contributed by atoms with Crippen molar-refractivity contribution in [2.45, 2.75) is 57.8 Å². The Morgan fingerprint density at radius 2 is 1.80 bits per heavy atom. The van der Waals surface area contributed by atoms with Crippen LogP contribution in [0.3, 0.4) is 0 Å². The van der Waals surface area contributed by atoms with Crippen molar-refractivity contribution in [1.82, 2.24) is 5.17 Å². The second-order valence-corrected chi connectivity index (χ2v) is 12.1. The van der Waals surface area contributed by atoms with Crippen LogP contribution in [0.1, 0.15) is 32.1 Å². The Labute approximate surface area is 121 Å². The first-order valence-corrected chi connectivity index (χ1v) is 10.9. The van der Waals surface area contributed by atoms with Gasteiger partial charge in [0.05, 0.1) is 12.5 Å². The van der Waals surface area contributed by atoms with E-state index in [4.69, 9.17) is 15.4 Å². The van der Waals surface area contributed by atoms with Gasteiger partial charge in [-0.3, -0.25) is 0 Å². The largest absolute Gasteiger partial charge is 0.458 e. The zero-order valence-electron chi connectivity index (χ0n) is 12.7. The summed E-state index contributed by atoms with van der Waals surface area (Å²) in [5.41, 5.74) is 0. The predicted octanol–water partition coefficient (Wildman–Crippen LogP) is 2.68. The molecule has 1 aliphatic carbocycles. The molecule has 0 radical (unpaired) electrons. The van der Waals surface area contributed by atoms with Crippen LogP contribution in [-0.4, -0.2) is 31.9 Å². The highest BCUT2D eigenvalue weighted by molar-refractivity contribution is 6.76. The summed E-state index contributed by atoms with van der Waals surface area (Å²) in [4.78, 5) is 28.2. The lowest BCUT2D eigenvalue weighted by Crippen LogP contribution is -2.42. The first-order valence-electron chi connectivity index (χ1n) is 7.23. The fraction of sp³-hybridized carbons (Fsp3) is 0.846. The van der Waals surface area contributed by atoms with Crippen LogP contribution in [0.5, 0.6) is 0 Å².